The number of nitrogens with one attached hydrogen (secondary N) is 1. The second-order valence-electron chi connectivity index (χ2n) is 3.83. The summed E-state index contributed by atoms with van der Waals surface area (Å²) >= 11 is 5.67. The van der Waals surface area contributed by atoms with Gasteiger partial charge in [-0.25, -0.2) is 13.1 Å². The van der Waals surface area contributed by atoms with Crippen LogP contribution in [0.2, 0.25) is 5.02 Å². The molecule has 6 nitrogen and oxygen atoms in total. The summed E-state index contributed by atoms with van der Waals surface area (Å²) in [7, 11) is -0.990. The fraction of sp³-hybridized carbons (Fsp3) is 0.364. The quantitative estimate of drug-likeness (QED) is 0.822. The van der Waals surface area contributed by atoms with E-state index in [9.17, 15) is 13.2 Å². The number of carbonyl (C=O) groups excluding carboxylic acids is 1. The summed E-state index contributed by atoms with van der Waals surface area (Å²) in [6.45, 7) is 1.52. The Labute approximate surface area is 117 Å². The van der Waals surface area contributed by atoms with E-state index in [0.29, 0.717) is 5.02 Å². The monoisotopic (exact) mass is 306 g/mol. The van der Waals surface area contributed by atoms with Gasteiger partial charge in [0.2, 0.25) is 0 Å². The van der Waals surface area contributed by atoms with Gasteiger partial charge in [0.15, 0.2) is 0 Å². The maximum atomic E-state index is 11.9. The highest BCUT2D eigenvalue weighted by molar-refractivity contribution is 7.90. The fourth-order valence-electron chi connectivity index (χ4n) is 1.21. The molecule has 0 heterocycles. The molecule has 0 bridgehead atoms. The van der Waals surface area contributed by atoms with Crippen LogP contribution in [0, 0.1) is 0 Å². The van der Waals surface area contributed by atoms with Crippen molar-refractivity contribution in [3.63, 3.8) is 0 Å². The van der Waals surface area contributed by atoms with E-state index in [1.807, 2.05) is 4.72 Å². The number of likely N-dealkylation sites (N-methyl/N-ethyl adjacent to an activating group) is 1. The molecule has 0 aromatic heterocycles. The van der Waals surface area contributed by atoms with Gasteiger partial charge in [0.1, 0.15) is 6.04 Å². The lowest BCUT2D eigenvalue weighted by Crippen LogP contribution is -2.44. The van der Waals surface area contributed by atoms with Crippen LogP contribution >= 0.6 is 11.6 Å². The zero-order valence-corrected chi connectivity index (χ0v) is 12.3. The van der Waals surface area contributed by atoms with Crippen molar-refractivity contribution in [2.75, 3.05) is 14.2 Å². The maximum absolute atomic E-state index is 11.9. The summed E-state index contributed by atoms with van der Waals surface area (Å²) in [5, 5.41) is 1.66. The first kappa shape index (κ1) is 15.9. The molecular formula is C11H15ClN2O4S. The van der Waals surface area contributed by atoms with Crippen LogP contribution in [-0.4, -0.2) is 39.6 Å². The molecule has 0 aliphatic rings. The van der Waals surface area contributed by atoms with E-state index in [1.165, 1.54) is 50.4 Å². The summed E-state index contributed by atoms with van der Waals surface area (Å²) in [5.41, 5.74) is 0. The van der Waals surface area contributed by atoms with E-state index in [4.69, 9.17) is 16.4 Å². The van der Waals surface area contributed by atoms with E-state index >= 15 is 0 Å². The van der Waals surface area contributed by atoms with Crippen LogP contribution in [-0.2, 0) is 19.7 Å². The average Bonchev–Trinajstić information content (AvgIpc) is 2.36. The third-order valence-electron chi connectivity index (χ3n) is 2.57. The van der Waals surface area contributed by atoms with Gasteiger partial charge in [-0.3, -0.25) is 4.79 Å². The molecule has 1 aromatic rings. The fourth-order valence-corrected chi connectivity index (χ4v) is 2.39. The van der Waals surface area contributed by atoms with Crippen LogP contribution < -0.4 is 4.72 Å². The number of carbonyl (C=O) groups is 1. The van der Waals surface area contributed by atoms with E-state index in [0.717, 1.165) is 0 Å². The minimum atomic E-state index is -3.90. The summed E-state index contributed by atoms with van der Waals surface area (Å²) in [6.07, 6.45) is 0. The van der Waals surface area contributed by atoms with Crippen LogP contribution in [0.5, 0.6) is 0 Å². The van der Waals surface area contributed by atoms with Crippen molar-refractivity contribution in [1.82, 2.24) is 9.79 Å². The van der Waals surface area contributed by atoms with Gasteiger partial charge < -0.3 is 4.84 Å². The number of rotatable bonds is 5. The number of nitrogens with zero attached hydrogens (tertiary/aromatic N) is 1. The first-order valence-electron chi connectivity index (χ1n) is 5.37. The van der Waals surface area contributed by atoms with Gasteiger partial charge in [0.05, 0.1) is 12.0 Å². The van der Waals surface area contributed by atoms with Gasteiger partial charge in [0.25, 0.3) is 15.9 Å². The van der Waals surface area contributed by atoms with Gasteiger partial charge in [-0.1, -0.05) is 11.6 Å². The molecule has 0 aliphatic carbocycles. The van der Waals surface area contributed by atoms with E-state index in [2.05, 4.69) is 0 Å². The number of hydrogen-bond donors (Lipinski definition) is 1. The van der Waals surface area contributed by atoms with Crippen molar-refractivity contribution in [3.8, 4) is 0 Å². The zero-order valence-electron chi connectivity index (χ0n) is 10.8. The molecule has 0 unspecified atom stereocenters. The molecule has 1 aromatic carbocycles. The van der Waals surface area contributed by atoms with E-state index in [1.54, 1.807) is 0 Å². The first-order chi connectivity index (χ1) is 8.77. The zero-order chi connectivity index (χ0) is 14.6. The van der Waals surface area contributed by atoms with Crippen molar-refractivity contribution >= 4 is 27.5 Å². The van der Waals surface area contributed by atoms with Gasteiger partial charge in [-0.2, -0.15) is 5.06 Å². The predicted molar refractivity (Wildman–Crippen MR) is 71.0 cm³/mol. The molecule has 19 heavy (non-hydrogen) atoms. The number of hydroxylamine groups is 2. The van der Waals surface area contributed by atoms with Gasteiger partial charge in [0, 0.05) is 12.1 Å². The molecule has 1 N–H and O–H groups in total. The Hall–Kier alpha value is -1.15. The SMILES string of the molecule is CON(C)[C@@H](C)C(=O)NS(=O)(=O)c1ccc(Cl)cc1. The average molecular weight is 307 g/mol. The van der Waals surface area contributed by atoms with Crippen molar-refractivity contribution in [1.29, 1.82) is 0 Å². The summed E-state index contributed by atoms with van der Waals surface area (Å²) in [5.74, 6) is -0.681. The highest BCUT2D eigenvalue weighted by Crippen LogP contribution is 2.14. The number of halogens is 1. The Morgan fingerprint density at radius 2 is 1.89 bits per heavy atom. The lowest BCUT2D eigenvalue weighted by molar-refractivity contribution is -0.156. The van der Waals surface area contributed by atoms with Crippen LogP contribution in [0.4, 0.5) is 0 Å². The molecule has 0 saturated carbocycles. The Morgan fingerprint density at radius 1 is 1.37 bits per heavy atom. The number of amides is 1. The molecule has 0 aliphatic heterocycles. The van der Waals surface area contributed by atoms with E-state index in [-0.39, 0.29) is 4.90 Å². The standard InChI is InChI=1S/C11H15ClN2O4S/c1-8(14(2)18-3)11(15)13-19(16,17)10-6-4-9(12)5-7-10/h4-8H,1-3H3,(H,13,15)/t8-/m0/s1. The normalized spacial score (nSPS) is 13.3. The van der Waals surface area contributed by atoms with Crippen molar-refractivity contribution in [3.05, 3.63) is 29.3 Å². The number of sulfonamides is 1. The molecule has 1 atom stereocenters. The molecule has 0 fully saturated rings. The van der Waals surface area contributed by atoms with Crippen molar-refractivity contribution in [2.24, 2.45) is 0 Å². The molecule has 0 spiro atoms. The maximum Gasteiger partial charge on any atom is 0.264 e. The molecule has 0 saturated heterocycles. The predicted octanol–water partition coefficient (Wildman–Crippen LogP) is 1.03. The minimum Gasteiger partial charge on any atom is -0.302 e. The van der Waals surface area contributed by atoms with Crippen LogP contribution in [0.25, 0.3) is 0 Å². The molecule has 106 valence electrons. The molecule has 1 amide bonds. The lowest BCUT2D eigenvalue weighted by Gasteiger charge is -2.20. The number of benzene rings is 1. The van der Waals surface area contributed by atoms with Crippen molar-refractivity contribution in [2.45, 2.75) is 17.9 Å². The van der Waals surface area contributed by atoms with Crippen LogP contribution in [0.1, 0.15) is 6.92 Å². The Kier molecular flexibility index (Phi) is 5.30. The minimum absolute atomic E-state index is 0.0301. The molecule has 8 heteroatoms. The molecule has 0 radical (unpaired) electrons. The van der Waals surface area contributed by atoms with Crippen LogP contribution in [0.15, 0.2) is 29.2 Å². The number of hydrogen-bond acceptors (Lipinski definition) is 5. The Bertz CT molecular complexity index is 544. The van der Waals surface area contributed by atoms with Crippen molar-refractivity contribution < 1.29 is 18.0 Å². The highest BCUT2D eigenvalue weighted by Gasteiger charge is 2.24. The highest BCUT2D eigenvalue weighted by atomic mass is 35.5. The summed E-state index contributed by atoms with van der Waals surface area (Å²) in [4.78, 5) is 16.6. The van der Waals surface area contributed by atoms with E-state index < -0.39 is 22.0 Å². The van der Waals surface area contributed by atoms with Gasteiger partial charge in [-0.05, 0) is 31.2 Å². The Balaban J connectivity index is 2.86. The smallest absolute Gasteiger partial charge is 0.264 e. The topological polar surface area (TPSA) is 75.7 Å². The Morgan fingerprint density at radius 3 is 2.37 bits per heavy atom. The lowest BCUT2D eigenvalue weighted by atomic mass is 10.3. The molecular weight excluding hydrogens is 292 g/mol. The second kappa shape index (κ2) is 6.33. The molecule has 1 rings (SSSR count). The third kappa shape index (κ3) is 4.17. The van der Waals surface area contributed by atoms with Crippen LogP contribution in [0.3, 0.4) is 0 Å². The third-order valence-corrected chi connectivity index (χ3v) is 4.19. The largest absolute Gasteiger partial charge is 0.302 e. The first-order valence-corrected chi connectivity index (χ1v) is 7.23. The summed E-state index contributed by atoms with van der Waals surface area (Å²) < 4.78 is 25.8. The summed E-state index contributed by atoms with van der Waals surface area (Å²) in [6, 6.07) is 4.77. The van der Waals surface area contributed by atoms with Gasteiger partial charge in [-0.15, -0.1) is 0 Å². The second-order valence-corrected chi connectivity index (χ2v) is 5.95. The van der Waals surface area contributed by atoms with Gasteiger partial charge >= 0.3 is 0 Å².